The lowest BCUT2D eigenvalue weighted by Gasteiger charge is -2.69. The maximum atomic E-state index is 14.8. The van der Waals surface area contributed by atoms with E-state index < -0.39 is 44.7 Å². The van der Waals surface area contributed by atoms with E-state index >= 15 is 0 Å². The van der Waals surface area contributed by atoms with Gasteiger partial charge in [0.15, 0.2) is 11.6 Å². The standard InChI is InChI=1S/C40H45F3N4O3/c1-34(2)13-15-39(33(50)47-21-26(46-22-47)31-23(40(41,42)43)10-9-17-45-31)16-14-38(7)30(24(39)19-34)27(48)18-29-36(5)20-25(44-8)32(49)35(3,4)28(36)11-12-37(29,38)6/h9-10,17-18,20-22,24,28,30H,11-16,19H2,1-7H3/t24?,28?,30-,36-,37+,38+,39-/m0/s1. The molecule has 0 radical (unpaired) electrons. The van der Waals surface area contributed by atoms with Crippen molar-refractivity contribution in [3.05, 3.63) is 71.3 Å². The second-order valence-electron chi connectivity index (χ2n) is 17.8. The first-order chi connectivity index (χ1) is 23.2. The molecule has 3 fully saturated rings. The van der Waals surface area contributed by atoms with Crippen molar-refractivity contribution in [1.82, 2.24) is 14.5 Å². The molecule has 0 N–H and O–H groups in total. The highest BCUT2D eigenvalue weighted by molar-refractivity contribution is 6.03. The van der Waals surface area contributed by atoms with E-state index in [2.05, 4.69) is 49.4 Å². The van der Waals surface area contributed by atoms with Crippen LogP contribution in [0.5, 0.6) is 0 Å². The largest absolute Gasteiger partial charge is 0.418 e. The number of ketones is 2. The minimum atomic E-state index is -4.64. The molecule has 7 atom stereocenters. The number of carbonyl (C=O) groups excluding carboxylic acids is 3. The number of nitrogens with zero attached hydrogens (tertiary/aromatic N) is 4. The molecular formula is C40H45F3N4O3. The van der Waals surface area contributed by atoms with Crippen LogP contribution in [-0.4, -0.2) is 32.0 Å². The average Bonchev–Trinajstić information content (AvgIpc) is 3.53. The number of hydrogen-bond acceptors (Lipinski definition) is 5. The second kappa shape index (κ2) is 10.6. The number of rotatable bonds is 2. The Morgan fingerprint density at radius 3 is 2.38 bits per heavy atom. The molecule has 50 heavy (non-hydrogen) atoms. The maximum absolute atomic E-state index is 14.8. The number of hydrogen-bond donors (Lipinski definition) is 0. The molecule has 2 aromatic rings. The maximum Gasteiger partial charge on any atom is 0.418 e. The molecule has 0 spiro atoms. The van der Waals surface area contributed by atoms with Crippen molar-refractivity contribution in [2.75, 3.05) is 0 Å². The molecule has 7 nitrogen and oxygen atoms in total. The second-order valence-corrected chi connectivity index (χ2v) is 17.8. The summed E-state index contributed by atoms with van der Waals surface area (Å²) < 4.78 is 42.9. The number of pyridine rings is 1. The molecule has 5 aliphatic rings. The van der Waals surface area contributed by atoms with Crippen LogP contribution in [0, 0.1) is 56.8 Å². The van der Waals surface area contributed by atoms with Gasteiger partial charge in [-0.3, -0.25) is 19.1 Å². The van der Waals surface area contributed by atoms with Crippen LogP contribution in [-0.2, 0) is 15.8 Å². The third-order valence-electron chi connectivity index (χ3n) is 14.4. The fourth-order valence-electron chi connectivity index (χ4n) is 11.6. The molecule has 7 rings (SSSR count). The lowest BCUT2D eigenvalue weighted by Crippen LogP contribution is -2.66. The van der Waals surface area contributed by atoms with Gasteiger partial charge in [0.2, 0.25) is 11.6 Å². The Morgan fingerprint density at radius 2 is 1.70 bits per heavy atom. The van der Waals surface area contributed by atoms with E-state index in [1.807, 2.05) is 26.0 Å². The molecule has 2 aromatic heterocycles. The van der Waals surface area contributed by atoms with E-state index in [-0.39, 0.29) is 51.8 Å². The van der Waals surface area contributed by atoms with Gasteiger partial charge in [0.05, 0.1) is 17.6 Å². The number of allylic oxidation sites excluding steroid dienone is 4. The predicted molar refractivity (Wildman–Crippen MR) is 181 cm³/mol. The SMILES string of the molecule is [C-]#[N+]C1=C[C@]2(C)C3=CC(=O)[C@@H]4C5CC(C)(C)CC[C@]5(C(=O)n5cnc(-c6ncccc6C(F)(F)F)c5)CC[C@@]4(C)[C@]3(C)CCC2C(C)(C)C1=O. The number of imidazole rings is 1. The molecule has 2 heterocycles. The summed E-state index contributed by atoms with van der Waals surface area (Å²) in [5, 5.41) is 0. The molecule has 0 bridgehead atoms. The zero-order chi connectivity index (χ0) is 36.4. The van der Waals surface area contributed by atoms with Crippen LogP contribution in [0.15, 0.2) is 54.3 Å². The Hall–Kier alpha value is -3.87. The summed E-state index contributed by atoms with van der Waals surface area (Å²) in [7, 11) is 0. The number of carbonyl (C=O) groups is 3. The molecule has 5 aliphatic carbocycles. The highest BCUT2D eigenvalue weighted by Crippen LogP contribution is 2.74. The summed E-state index contributed by atoms with van der Waals surface area (Å²) in [6.07, 6.45) is 7.65. The molecule has 3 saturated carbocycles. The van der Waals surface area contributed by atoms with Gasteiger partial charge in [0.25, 0.3) is 0 Å². The summed E-state index contributed by atoms with van der Waals surface area (Å²) >= 11 is 0. The van der Waals surface area contributed by atoms with Crippen LogP contribution in [0.4, 0.5) is 13.2 Å². The van der Waals surface area contributed by atoms with Crippen molar-refractivity contribution in [3.63, 3.8) is 0 Å². The summed E-state index contributed by atoms with van der Waals surface area (Å²) in [6, 6.07) is 2.18. The van der Waals surface area contributed by atoms with Crippen LogP contribution >= 0.6 is 0 Å². The first-order valence-electron chi connectivity index (χ1n) is 17.7. The third-order valence-corrected chi connectivity index (χ3v) is 14.4. The normalized spacial score (nSPS) is 37.3. The number of alkyl halides is 3. The smallest absolute Gasteiger partial charge is 0.307 e. The molecule has 0 saturated heterocycles. The highest BCUT2D eigenvalue weighted by atomic mass is 19.4. The van der Waals surface area contributed by atoms with Crippen LogP contribution in [0.1, 0.15) is 104 Å². The topological polar surface area (TPSA) is 86.3 Å². The van der Waals surface area contributed by atoms with Crippen molar-refractivity contribution in [2.24, 2.45) is 50.2 Å². The zero-order valence-corrected chi connectivity index (χ0v) is 29.9. The van der Waals surface area contributed by atoms with Gasteiger partial charge in [-0.2, -0.15) is 13.2 Å². The number of Topliss-reactive ketones (excluding diaryl/α,β-unsaturated/α-hetero) is 1. The fourth-order valence-corrected chi connectivity index (χ4v) is 11.6. The van der Waals surface area contributed by atoms with Crippen molar-refractivity contribution >= 4 is 17.5 Å². The Bertz CT molecular complexity index is 1950. The van der Waals surface area contributed by atoms with Crippen LogP contribution in [0.25, 0.3) is 16.2 Å². The van der Waals surface area contributed by atoms with Crippen LogP contribution < -0.4 is 0 Å². The number of halogens is 3. The van der Waals surface area contributed by atoms with E-state index in [9.17, 15) is 27.6 Å². The van der Waals surface area contributed by atoms with Crippen molar-refractivity contribution < 1.29 is 27.6 Å². The fraction of sp³-hybridized carbons (Fsp3) is 0.600. The predicted octanol–water partition coefficient (Wildman–Crippen LogP) is 9.18. The first-order valence-corrected chi connectivity index (χ1v) is 17.7. The van der Waals surface area contributed by atoms with Gasteiger partial charge in [0, 0.05) is 29.1 Å². The number of fused-ring (bicyclic) bond motifs is 7. The summed E-state index contributed by atoms with van der Waals surface area (Å²) in [5.41, 5.74) is -3.52. The van der Waals surface area contributed by atoms with Gasteiger partial charge >= 0.3 is 6.18 Å². The molecule has 0 amide bonds. The Labute approximate surface area is 291 Å². The number of aromatic nitrogens is 3. The quantitative estimate of drug-likeness (QED) is 0.294. The molecular weight excluding hydrogens is 641 g/mol. The van der Waals surface area contributed by atoms with E-state index in [0.717, 1.165) is 30.9 Å². The minimum Gasteiger partial charge on any atom is -0.307 e. The molecule has 2 unspecified atom stereocenters. The van der Waals surface area contributed by atoms with Crippen molar-refractivity contribution in [3.8, 4) is 11.4 Å². The highest BCUT2D eigenvalue weighted by Gasteiger charge is 2.71. The van der Waals surface area contributed by atoms with Gasteiger partial charge in [-0.25, -0.2) is 9.83 Å². The van der Waals surface area contributed by atoms with Gasteiger partial charge in [-0.05, 0) is 91.2 Å². The van der Waals surface area contributed by atoms with E-state index in [1.54, 1.807) is 0 Å². The average molecular weight is 687 g/mol. The first kappa shape index (κ1) is 34.6. The molecule has 0 aliphatic heterocycles. The Morgan fingerprint density at radius 1 is 1.00 bits per heavy atom. The lowest BCUT2D eigenvalue weighted by atomic mass is 9.34. The van der Waals surface area contributed by atoms with Gasteiger partial charge in [-0.15, -0.1) is 0 Å². The van der Waals surface area contributed by atoms with Crippen molar-refractivity contribution in [1.29, 1.82) is 0 Å². The lowest BCUT2D eigenvalue weighted by molar-refractivity contribution is -0.164. The van der Waals surface area contributed by atoms with Gasteiger partial charge < -0.3 is 4.79 Å². The summed E-state index contributed by atoms with van der Waals surface area (Å²) in [5.74, 6) is -1.20. The van der Waals surface area contributed by atoms with Crippen LogP contribution in [0.2, 0.25) is 0 Å². The van der Waals surface area contributed by atoms with E-state index in [0.29, 0.717) is 25.7 Å². The van der Waals surface area contributed by atoms with E-state index in [4.69, 9.17) is 6.57 Å². The Balaban J connectivity index is 1.33. The van der Waals surface area contributed by atoms with Gasteiger partial charge in [0.1, 0.15) is 17.7 Å². The molecule has 264 valence electrons. The zero-order valence-electron chi connectivity index (χ0n) is 29.9. The summed E-state index contributed by atoms with van der Waals surface area (Å²) in [4.78, 5) is 54.9. The monoisotopic (exact) mass is 686 g/mol. The van der Waals surface area contributed by atoms with E-state index in [1.165, 1.54) is 29.4 Å². The molecule has 10 heteroatoms. The van der Waals surface area contributed by atoms with Gasteiger partial charge in [-0.1, -0.05) is 60.1 Å². The van der Waals surface area contributed by atoms with Crippen molar-refractivity contribution in [2.45, 2.75) is 99.6 Å². The van der Waals surface area contributed by atoms with Crippen LogP contribution in [0.3, 0.4) is 0 Å². The minimum absolute atomic E-state index is 0.0106. The Kier molecular flexibility index (Phi) is 7.32. The third kappa shape index (κ3) is 4.50. The summed E-state index contributed by atoms with van der Waals surface area (Å²) in [6.45, 7) is 22.6. The molecule has 0 aromatic carbocycles.